The van der Waals surface area contributed by atoms with Crippen LogP contribution >= 0.6 is 34.8 Å². The first-order valence-corrected chi connectivity index (χ1v) is 12.9. The van der Waals surface area contributed by atoms with Gasteiger partial charge in [-0.1, -0.05) is 84.2 Å². The summed E-state index contributed by atoms with van der Waals surface area (Å²) in [5, 5.41) is 15.6. The van der Waals surface area contributed by atoms with Gasteiger partial charge in [0.1, 0.15) is 0 Å². The predicted octanol–water partition coefficient (Wildman–Crippen LogP) is 8.19. The van der Waals surface area contributed by atoms with Gasteiger partial charge in [-0.25, -0.2) is 4.68 Å². The Balaban J connectivity index is 1.52. The average molecular weight is 536 g/mol. The van der Waals surface area contributed by atoms with Crippen molar-refractivity contribution in [2.75, 3.05) is 0 Å². The molecule has 0 bridgehead atoms. The number of hydrogen-bond donors (Lipinski definition) is 0. The van der Waals surface area contributed by atoms with Gasteiger partial charge in [0, 0.05) is 21.2 Å². The lowest BCUT2D eigenvalue weighted by molar-refractivity contribution is 0.470. The van der Waals surface area contributed by atoms with Gasteiger partial charge in [0.05, 0.1) is 21.8 Å². The molecule has 3 aromatic carbocycles. The fraction of sp³-hybridized carbons (Fsp3) is 0.179. The van der Waals surface area contributed by atoms with E-state index < -0.39 is 0 Å². The molecular weight excluding hydrogens is 515 g/mol. The van der Waals surface area contributed by atoms with Crippen molar-refractivity contribution in [2.45, 2.75) is 31.6 Å². The topological polar surface area (TPSA) is 56.7 Å². The Morgan fingerprint density at radius 3 is 2.28 bits per heavy atom. The molecule has 0 unspecified atom stereocenters. The summed E-state index contributed by atoms with van der Waals surface area (Å²) >= 11 is 19.0. The van der Waals surface area contributed by atoms with Crippen LogP contribution in [0, 0.1) is 0 Å². The van der Waals surface area contributed by atoms with E-state index in [4.69, 9.17) is 44.3 Å². The second kappa shape index (κ2) is 9.07. The van der Waals surface area contributed by atoms with Crippen molar-refractivity contribution in [1.29, 1.82) is 0 Å². The fourth-order valence-corrected chi connectivity index (χ4v) is 5.32. The van der Waals surface area contributed by atoms with Crippen LogP contribution in [0.2, 0.25) is 15.1 Å². The SMILES string of the molecule is CCc1c(-c2nnc(C3(c4ccccc4)CC3)o2)nn(-c2ccc(Cl)cc2Cl)c1-c1ccc(Cl)cc1. The smallest absolute Gasteiger partial charge is 0.268 e. The monoisotopic (exact) mass is 534 g/mol. The minimum Gasteiger partial charge on any atom is -0.418 e. The first-order chi connectivity index (χ1) is 17.5. The third-order valence-corrected chi connectivity index (χ3v) is 7.50. The average Bonchev–Trinajstić information content (AvgIpc) is 3.39. The van der Waals surface area contributed by atoms with Gasteiger partial charge >= 0.3 is 0 Å². The second-order valence-electron chi connectivity index (χ2n) is 8.90. The van der Waals surface area contributed by atoms with Gasteiger partial charge in [-0.3, -0.25) is 0 Å². The molecule has 8 heteroatoms. The highest BCUT2D eigenvalue weighted by molar-refractivity contribution is 6.35. The maximum absolute atomic E-state index is 6.62. The van der Waals surface area contributed by atoms with Crippen molar-refractivity contribution in [3.8, 4) is 28.5 Å². The Morgan fingerprint density at radius 1 is 0.889 bits per heavy atom. The quantitative estimate of drug-likeness (QED) is 0.220. The Morgan fingerprint density at radius 2 is 1.61 bits per heavy atom. The van der Waals surface area contributed by atoms with Crippen molar-refractivity contribution in [1.82, 2.24) is 20.0 Å². The zero-order chi connectivity index (χ0) is 24.9. The van der Waals surface area contributed by atoms with Gasteiger partial charge in [-0.05, 0) is 55.2 Å². The summed E-state index contributed by atoms with van der Waals surface area (Å²) in [5.41, 5.74) is 5.12. The fourth-order valence-electron chi connectivity index (χ4n) is 4.71. The maximum Gasteiger partial charge on any atom is 0.268 e. The molecule has 6 rings (SSSR count). The summed E-state index contributed by atoms with van der Waals surface area (Å²) in [4.78, 5) is 0. The Labute approximate surface area is 223 Å². The van der Waals surface area contributed by atoms with Crippen LogP contribution in [0.4, 0.5) is 0 Å². The van der Waals surface area contributed by atoms with Crippen LogP contribution in [-0.2, 0) is 11.8 Å². The van der Waals surface area contributed by atoms with E-state index in [1.54, 1.807) is 12.1 Å². The number of halogens is 3. The van der Waals surface area contributed by atoms with Crippen LogP contribution in [0.3, 0.4) is 0 Å². The van der Waals surface area contributed by atoms with Crippen LogP contribution in [-0.4, -0.2) is 20.0 Å². The van der Waals surface area contributed by atoms with Crippen molar-refractivity contribution < 1.29 is 4.42 Å². The molecule has 0 amide bonds. The van der Waals surface area contributed by atoms with Gasteiger partial charge in [0.2, 0.25) is 5.89 Å². The molecule has 0 spiro atoms. The molecule has 2 heterocycles. The van der Waals surface area contributed by atoms with E-state index in [2.05, 4.69) is 29.3 Å². The largest absolute Gasteiger partial charge is 0.418 e. The molecule has 0 radical (unpaired) electrons. The lowest BCUT2D eigenvalue weighted by Gasteiger charge is -2.11. The molecule has 0 saturated heterocycles. The van der Waals surface area contributed by atoms with Crippen LogP contribution in [0.15, 0.2) is 77.2 Å². The van der Waals surface area contributed by atoms with Crippen molar-refractivity contribution >= 4 is 34.8 Å². The number of benzene rings is 3. The number of hydrogen-bond acceptors (Lipinski definition) is 4. The molecule has 5 aromatic rings. The first-order valence-electron chi connectivity index (χ1n) is 11.7. The highest BCUT2D eigenvalue weighted by atomic mass is 35.5. The third kappa shape index (κ3) is 3.92. The predicted molar refractivity (Wildman–Crippen MR) is 143 cm³/mol. The Kier molecular flexibility index (Phi) is 5.87. The molecular formula is C28H21Cl3N4O. The zero-order valence-corrected chi connectivity index (χ0v) is 21.6. The summed E-state index contributed by atoms with van der Waals surface area (Å²) in [6.45, 7) is 2.08. The third-order valence-electron chi connectivity index (χ3n) is 6.71. The van der Waals surface area contributed by atoms with Crippen molar-refractivity contribution in [3.05, 3.63) is 105 Å². The van der Waals surface area contributed by atoms with Crippen molar-refractivity contribution in [2.24, 2.45) is 0 Å². The van der Waals surface area contributed by atoms with Gasteiger partial charge in [-0.2, -0.15) is 5.10 Å². The highest BCUT2D eigenvalue weighted by Gasteiger charge is 2.50. The summed E-state index contributed by atoms with van der Waals surface area (Å²) < 4.78 is 8.15. The van der Waals surface area contributed by atoms with Crippen LogP contribution < -0.4 is 0 Å². The van der Waals surface area contributed by atoms with Gasteiger partial charge in [-0.15, -0.1) is 10.2 Å². The normalized spacial score (nSPS) is 14.2. The van der Waals surface area contributed by atoms with E-state index in [-0.39, 0.29) is 5.41 Å². The lowest BCUT2D eigenvalue weighted by Crippen LogP contribution is -2.08. The van der Waals surface area contributed by atoms with E-state index in [0.29, 0.717) is 44.7 Å². The second-order valence-corrected chi connectivity index (χ2v) is 10.2. The molecule has 1 fully saturated rings. The summed E-state index contributed by atoms with van der Waals surface area (Å²) in [7, 11) is 0. The lowest BCUT2D eigenvalue weighted by atomic mass is 9.96. The first kappa shape index (κ1) is 23.3. The van der Waals surface area contributed by atoms with E-state index in [1.807, 2.05) is 53.2 Å². The molecule has 1 saturated carbocycles. The standard InChI is InChI=1S/C28H21Cl3N4O/c1-2-21-24(26-32-33-27(36-26)28(14-15-28)18-6-4-3-5-7-18)34-35(23-13-12-20(30)16-22(23)31)25(21)17-8-10-19(29)11-9-17/h3-13,16H,2,14-15H2,1H3. The minimum atomic E-state index is -0.222. The van der Waals surface area contributed by atoms with E-state index in [1.165, 1.54) is 5.56 Å². The molecule has 5 nitrogen and oxygen atoms in total. The number of nitrogens with zero attached hydrogens (tertiary/aromatic N) is 4. The molecule has 2 aromatic heterocycles. The zero-order valence-electron chi connectivity index (χ0n) is 19.4. The van der Waals surface area contributed by atoms with Crippen LogP contribution in [0.1, 0.15) is 36.8 Å². The van der Waals surface area contributed by atoms with E-state index in [9.17, 15) is 0 Å². The van der Waals surface area contributed by atoms with Gasteiger partial charge in [0.25, 0.3) is 5.89 Å². The Bertz CT molecular complexity index is 1550. The summed E-state index contributed by atoms with van der Waals surface area (Å²) in [6, 6.07) is 23.3. The molecule has 0 N–H and O–H groups in total. The summed E-state index contributed by atoms with van der Waals surface area (Å²) in [5.74, 6) is 1.01. The van der Waals surface area contributed by atoms with E-state index in [0.717, 1.165) is 29.7 Å². The van der Waals surface area contributed by atoms with E-state index >= 15 is 0 Å². The van der Waals surface area contributed by atoms with Crippen molar-refractivity contribution in [3.63, 3.8) is 0 Å². The molecule has 1 aliphatic rings. The summed E-state index contributed by atoms with van der Waals surface area (Å²) in [6.07, 6.45) is 2.65. The minimum absolute atomic E-state index is 0.222. The van der Waals surface area contributed by atoms with Gasteiger partial charge < -0.3 is 4.42 Å². The molecule has 0 aliphatic heterocycles. The Hall–Kier alpha value is -3.12. The maximum atomic E-state index is 6.62. The van der Waals surface area contributed by atoms with Crippen LogP contribution in [0.5, 0.6) is 0 Å². The number of rotatable bonds is 6. The molecule has 180 valence electrons. The molecule has 36 heavy (non-hydrogen) atoms. The molecule has 1 aliphatic carbocycles. The van der Waals surface area contributed by atoms with Gasteiger partial charge in [0.15, 0.2) is 5.69 Å². The highest BCUT2D eigenvalue weighted by Crippen LogP contribution is 2.53. The number of aromatic nitrogens is 4. The van der Waals surface area contributed by atoms with Crippen LogP contribution in [0.25, 0.3) is 28.5 Å². The molecule has 0 atom stereocenters.